The average molecular weight is 275 g/mol. The van der Waals surface area contributed by atoms with Gasteiger partial charge in [-0.25, -0.2) is 0 Å². The molecule has 0 aromatic heterocycles. The van der Waals surface area contributed by atoms with Gasteiger partial charge in [0.1, 0.15) is 11.5 Å². The van der Waals surface area contributed by atoms with Gasteiger partial charge < -0.3 is 4.74 Å². The molecular weight excluding hydrogens is 256 g/mol. The summed E-state index contributed by atoms with van der Waals surface area (Å²) < 4.78 is 5.83. The molecular formula is C17H19ClO. The molecule has 0 fully saturated rings. The fraction of sp³-hybridized carbons (Fsp3) is 0.294. The molecule has 0 aliphatic carbocycles. The third kappa shape index (κ3) is 4.60. The van der Waals surface area contributed by atoms with Gasteiger partial charge in [0.25, 0.3) is 0 Å². The van der Waals surface area contributed by atoms with E-state index in [2.05, 4.69) is 32.9 Å². The van der Waals surface area contributed by atoms with Crippen molar-refractivity contribution >= 4 is 11.6 Å². The lowest BCUT2D eigenvalue weighted by Gasteiger charge is -2.18. The molecule has 0 atom stereocenters. The molecule has 2 heteroatoms. The zero-order chi connectivity index (χ0) is 13.9. The predicted octanol–water partition coefficient (Wildman–Crippen LogP) is 5.72. The molecule has 0 saturated heterocycles. The van der Waals surface area contributed by atoms with Gasteiger partial charge in [-0.2, -0.15) is 0 Å². The first-order chi connectivity index (χ1) is 8.92. The standard InChI is InChI=1S/C17H19ClO/c1-17(2,3)12-13-5-4-6-16(11-13)19-15-9-7-14(18)8-10-15/h4-11H,12H2,1-3H3. The minimum atomic E-state index is 0.277. The summed E-state index contributed by atoms with van der Waals surface area (Å²) in [6.07, 6.45) is 1.03. The molecule has 0 radical (unpaired) electrons. The Morgan fingerprint density at radius 3 is 2.26 bits per heavy atom. The first kappa shape index (κ1) is 14.0. The first-order valence-electron chi connectivity index (χ1n) is 6.45. The minimum Gasteiger partial charge on any atom is -0.457 e. The predicted molar refractivity (Wildman–Crippen MR) is 81.1 cm³/mol. The van der Waals surface area contributed by atoms with Gasteiger partial charge >= 0.3 is 0 Å². The molecule has 0 bridgehead atoms. The van der Waals surface area contributed by atoms with E-state index >= 15 is 0 Å². The number of hydrogen-bond donors (Lipinski definition) is 0. The summed E-state index contributed by atoms with van der Waals surface area (Å²) >= 11 is 5.86. The summed E-state index contributed by atoms with van der Waals surface area (Å²) in [5, 5.41) is 0.717. The maximum absolute atomic E-state index is 5.86. The molecule has 0 aliphatic heterocycles. The Labute approximate surface area is 120 Å². The van der Waals surface area contributed by atoms with E-state index in [-0.39, 0.29) is 5.41 Å². The molecule has 2 aromatic rings. The third-order valence-corrected chi connectivity index (χ3v) is 2.93. The second-order valence-electron chi connectivity index (χ2n) is 5.94. The van der Waals surface area contributed by atoms with Crippen molar-refractivity contribution in [3.8, 4) is 11.5 Å². The average Bonchev–Trinajstić information content (AvgIpc) is 2.30. The molecule has 2 aromatic carbocycles. The van der Waals surface area contributed by atoms with Crippen molar-refractivity contribution < 1.29 is 4.74 Å². The van der Waals surface area contributed by atoms with Crippen molar-refractivity contribution in [2.75, 3.05) is 0 Å². The van der Waals surface area contributed by atoms with Crippen LogP contribution in [-0.2, 0) is 6.42 Å². The highest BCUT2D eigenvalue weighted by Crippen LogP contribution is 2.26. The highest BCUT2D eigenvalue weighted by atomic mass is 35.5. The number of rotatable bonds is 3. The SMILES string of the molecule is CC(C)(C)Cc1cccc(Oc2ccc(Cl)cc2)c1. The van der Waals surface area contributed by atoms with Crippen molar-refractivity contribution in [3.63, 3.8) is 0 Å². The summed E-state index contributed by atoms with van der Waals surface area (Å²) in [5.74, 6) is 1.67. The molecule has 100 valence electrons. The normalized spacial score (nSPS) is 11.4. The van der Waals surface area contributed by atoms with E-state index in [4.69, 9.17) is 16.3 Å². The van der Waals surface area contributed by atoms with Crippen molar-refractivity contribution in [3.05, 3.63) is 59.1 Å². The molecule has 0 spiro atoms. The van der Waals surface area contributed by atoms with E-state index in [1.165, 1.54) is 5.56 Å². The van der Waals surface area contributed by atoms with Gasteiger partial charge in [0.05, 0.1) is 0 Å². The number of ether oxygens (including phenoxy) is 1. The van der Waals surface area contributed by atoms with Crippen LogP contribution in [0.3, 0.4) is 0 Å². The monoisotopic (exact) mass is 274 g/mol. The second kappa shape index (κ2) is 5.66. The van der Waals surface area contributed by atoms with Crippen LogP contribution >= 0.6 is 11.6 Å². The molecule has 0 saturated carbocycles. The second-order valence-corrected chi connectivity index (χ2v) is 6.38. The summed E-state index contributed by atoms with van der Waals surface area (Å²) in [7, 11) is 0. The zero-order valence-corrected chi connectivity index (χ0v) is 12.4. The smallest absolute Gasteiger partial charge is 0.127 e. The van der Waals surface area contributed by atoms with Gasteiger partial charge in [-0.05, 0) is 53.8 Å². The van der Waals surface area contributed by atoms with Crippen LogP contribution in [-0.4, -0.2) is 0 Å². The van der Waals surface area contributed by atoms with E-state index in [9.17, 15) is 0 Å². The Morgan fingerprint density at radius 2 is 1.63 bits per heavy atom. The van der Waals surface area contributed by atoms with E-state index in [0.717, 1.165) is 17.9 Å². The highest BCUT2D eigenvalue weighted by Gasteiger charge is 2.11. The molecule has 19 heavy (non-hydrogen) atoms. The van der Waals surface area contributed by atoms with Crippen LogP contribution in [0, 0.1) is 5.41 Å². The van der Waals surface area contributed by atoms with Crippen LogP contribution in [0.25, 0.3) is 0 Å². The van der Waals surface area contributed by atoms with Crippen molar-refractivity contribution in [1.29, 1.82) is 0 Å². The van der Waals surface area contributed by atoms with E-state index in [1.807, 2.05) is 36.4 Å². The molecule has 1 nitrogen and oxygen atoms in total. The maximum Gasteiger partial charge on any atom is 0.127 e. The molecule has 0 aliphatic rings. The van der Waals surface area contributed by atoms with E-state index < -0.39 is 0 Å². The van der Waals surface area contributed by atoms with Gasteiger partial charge in [-0.1, -0.05) is 44.5 Å². The molecule has 0 N–H and O–H groups in total. The van der Waals surface area contributed by atoms with Crippen molar-refractivity contribution in [1.82, 2.24) is 0 Å². The lowest BCUT2D eigenvalue weighted by molar-refractivity contribution is 0.409. The van der Waals surface area contributed by atoms with Crippen LogP contribution in [0.4, 0.5) is 0 Å². The van der Waals surface area contributed by atoms with Crippen LogP contribution in [0.1, 0.15) is 26.3 Å². The molecule has 2 rings (SSSR count). The van der Waals surface area contributed by atoms with Crippen LogP contribution < -0.4 is 4.74 Å². The maximum atomic E-state index is 5.86. The summed E-state index contributed by atoms with van der Waals surface area (Å²) in [5.41, 5.74) is 1.57. The third-order valence-electron chi connectivity index (χ3n) is 2.68. The molecule has 0 unspecified atom stereocenters. The Bertz CT molecular complexity index is 538. The van der Waals surface area contributed by atoms with Crippen molar-refractivity contribution in [2.45, 2.75) is 27.2 Å². The summed E-state index contributed by atoms with van der Waals surface area (Å²) in [4.78, 5) is 0. The molecule has 0 heterocycles. The van der Waals surface area contributed by atoms with E-state index in [1.54, 1.807) is 0 Å². The summed E-state index contributed by atoms with van der Waals surface area (Å²) in [6, 6.07) is 15.6. The Balaban J connectivity index is 2.13. The van der Waals surface area contributed by atoms with Gasteiger partial charge in [0.2, 0.25) is 0 Å². The van der Waals surface area contributed by atoms with Crippen LogP contribution in [0.15, 0.2) is 48.5 Å². The lowest BCUT2D eigenvalue weighted by atomic mass is 9.88. The number of halogens is 1. The lowest BCUT2D eigenvalue weighted by Crippen LogP contribution is -2.08. The minimum absolute atomic E-state index is 0.277. The Morgan fingerprint density at radius 1 is 0.947 bits per heavy atom. The summed E-state index contributed by atoms with van der Waals surface area (Å²) in [6.45, 7) is 6.71. The van der Waals surface area contributed by atoms with Crippen LogP contribution in [0.5, 0.6) is 11.5 Å². The van der Waals surface area contributed by atoms with E-state index in [0.29, 0.717) is 5.02 Å². The highest BCUT2D eigenvalue weighted by molar-refractivity contribution is 6.30. The molecule has 0 amide bonds. The number of hydrogen-bond acceptors (Lipinski definition) is 1. The quantitative estimate of drug-likeness (QED) is 0.695. The van der Waals surface area contributed by atoms with Gasteiger partial charge in [0.15, 0.2) is 0 Å². The largest absolute Gasteiger partial charge is 0.457 e. The fourth-order valence-corrected chi connectivity index (χ4v) is 2.10. The zero-order valence-electron chi connectivity index (χ0n) is 11.6. The van der Waals surface area contributed by atoms with Gasteiger partial charge in [-0.3, -0.25) is 0 Å². The van der Waals surface area contributed by atoms with Gasteiger partial charge in [0, 0.05) is 5.02 Å². The first-order valence-corrected chi connectivity index (χ1v) is 6.83. The number of benzene rings is 2. The van der Waals surface area contributed by atoms with Crippen LogP contribution in [0.2, 0.25) is 5.02 Å². The fourth-order valence-electron chi connectivity index (χ4n) is 1.97. The van der Waals surface area contributed by atoms with Crippen molar-refractivity contribution in [2.24, 2.45) is 5.41 Å². The topological polar surface area (TPSA) is 9.23 Å². The Kier molecular flexibility index (Phi) is 4.16. The Hall–Kier alpha value is -1.47. The van der Waals surface area contributed by atoms with Gasteiger partial charge in [-0.15, -0.1) is 0 Å².